The second-order valence-electron chi connectivity index (χ2n) is 19.9. The van der Waals surface area contributed by atoms with E-state index in [9.17, 15) is 0 Å². The molecule has 0 spiro atoms. The van der Waals surface area contributed by atoms with Crippen LogP contribution in [0.25, 0.3) is 88.3 Å². The zero-order chi connectivity index (χ0) is 50.4. The lowest BCUT2D eigenvalue weighted by molar-refractivity contribution is 0.768. The van der Waals surface area contributed by atoms with Crippen LogP contribution in [0.3, 0.4) is 0 Å². The molecule has 14 rings (SSSR count). The van der Waals surface area contributed by atoms with Crippen molar-refractivity contribution in [1.82, 2.24) is 0 Å². The highest BCUT2D eigenvalue weighted by atomic mass is 15.1. The molecule has 0 N–H and O–H groups in total. The van der Waals surface area contributed by atoms with E-state index in [4.69, 9.17) is 0 Å². The van der Waals surface area contributed by atoms with Crippen LogP contribution in [-0.4, -0.2) is 0 Å². The molecule has 0 saturated carbocycles. The van der Waals surface area contributed by atoms with E-state index in [1.165, 1.54) is 88.3 Å². The Morgan fingerprint density at radius 2 is 0.684 bits per heavy atom. The molecule has 0 radical (unpaired) electrons. The summed E-state index contributed by atoms with van der Waals surface area (Å²) in [6, 6.07) is 114. The number of benzene rings is 13. The van der Waals surface area contributed by atoms with E-state index in [-0.39, 0.29) is 0 Å². The first-order chi connectivity index (χ1) is 37.7. The maximum absolute atomic E-state index is 2.54. The molecular weight excluding hydrogens is 915 g/mol. The van der Waals surface area contributed by atoms with Crippen molar-refractivity contribution in [1.29, 1.82) is 0 Å². The molecule has 1 aliphatic carbocycles. The summed E-state index contributed by atoms with van der Waals surface area (Å²) in [6.07, 6.45) is 0. The van der Waals surface area contributed by atoms with Crippen LogP contribution in [-0.2, 0) is 5.41 Å². The second-order valence-corrected chi connectivity index (χ2v) is 19.9. The van der Waals surface area contributed by atoms with Crippen LogP contribution in [0, 0.1) is 0 Å². The van der Waals surface area contributed by atoms with Gasteiger partial charge in [0.05, 0.1) is 16.8 Å². The monoisotopic (exact) mass is 965 g/mol. The SMILES string of the molecule is c1ccc(-c2ccc(N(c3cccc(-c4ccc5c(c4)c(-c4ccccc4)c(-c4ccccc4)c4ccccc45)c3)c3cccc4c3-c3ccccc3C4(c3ccccc3)c3ccccc3)c(-c3ccccc3)c2)cc1. The molecule has 76 heavy (non-hydrogen) atoms. The second kappa shape index (κ2) is 18.9. The van der Waals surface area contributed by atoms with Crippen molar-refractivity contribution in [3.8, 4) is 66.8 Å². The normalized spacial score (nSPS) is 12.3. The van der Waals surface area contributed by atoms with Crippen molar-refractivity contribution in [2.75, 3.05) is 4.90 Å². The molecule has 0 aliphatic heterocycles. The highest BCUT2D eigenvalue weighted by Crippen LogP contribution is 2.60. The maximum Gasteiger partial charge on any atom is 0.0714 e. The Morgan fingerprint density at radius 3 is 1.34 bits per heavy atom. The van der Waals surface area contributed by atoms with Crippen LogP contribution in [0.15, 0.2) is 309 Å². The average Bonchev–Trinajstić information content (AvgIpc) is 4.07. The lowest BCUT2D eigenvalue weighted by Crippen LogP contribution is -2.28. The van der Waals surface area contributed by atoms with Crippen LogP contribution < -0.4 is 4.90 Å². The fourth-order valence-electron chi connectivity index (χ4n) is 12.5. The molecule has 0 heterocycles. The van der Waals surface area contributed by atoms with Gasteiger partial charge in [-0.25, -0.2) is 0 Å². The molecule has 0 atom stereocenters. The molecule has 1 nitrogen and oxygen atoms in total. The topological polar surface area (TPSA) is 3.24 Å². The van der Waals surface area contributed by atoms with Crippen molar-refractivity contribution in [2.24, 2.45) is 0 Å². The quantitative estimate of drug-likeness (QED) is 0.123. The largest absolute Gasteiger partial charge is 0.309 e. The predicted molar refractivity (Wildman–Crippen MR) is 321 cm³/mol. The Balaban J connectivity index is 1.05. The number of rotatable bonds is 10. The lowest BCUT2D eigenvalue weighted by atomic mass is 9.68. The van der Waals surface area contributed by atoms with E-state index in [2.05, 4.69) is 314 Å². The first-order valence-corrected chi connectivity index (χ1v) is 26.3. The van der Waals surface area contributed by atoms with E-state index in [1.807, 2.05) is 0 Å². The number of hydrogen-bond donors (Lipinski definition) is 0. The molecule has 1 heteroatoms. The number of anilines is 3. The van der Waals surface area contributed by atoms with Gasteiger partial charge in [-0.15, -0.1) is 0 Å². The number of nitrogens with zero attached hydrogens (tertiary/aromatic N) is 1. The summed E-state index contributed by atoms with van der Waals surface area (Å²) in [4.78, 5) is 2.54. The molecule has 0 unspecified atom stereocenters. The molecule has 0 fully saturated rings. The fourth-order valence-corrected chi connectivity index (χ4v) is 12.5. The van der Waals surface area contributed by atoms with E-state index in [1.54, 1.807) is 0 Å². The summed E-state index contributed by atoms with van der Waals surface area (Å²) >= 11 is 0. The first kappa shape index (κ1) is 44.8. The van der Waals surface area contributed by atoms with E-state index in [0.29, 0.717) is 0 Å². The third-order valence-electron chi connectivity index (χ3n) is 15.7. The summed E-state index contributed by atoms with van der Waals surface area (Å²) in [5, 5.41) is 4.95. The Bertz CT molecular complexity index is 4210. The lowest BCUT2D eigenvalue weighted by Gasteiger charge is -2.34. The van der Waals surface area contributed by atoms with Gasteiger partial charge in [-0.3, -0.25) is 0 Å². The Kier molecular flexibility index (Phi) is 11.2. The Labute approximate surface area is 444 Å². The van der Waals surface area contributed by atoms with Gasteiger partial charge in [0.25, 0.3) is 0 Å². The zero-order valence-corrected chi connectivity index (χ0v) is 41.9. The van der Waals surface area contributed by atoms with Crippen LogP contribution in [0.5, 0.6) is 0 Å². The Hall–Kier alpha value is -9.82. The summed E-state index contributed by atoms with van der Waals surface area (Å²) < 4.78 is 0. The Morgan fingerprint density at radius 1 is 0.224 bits per heavy atom. The van der Waals surface area contributed by atoms with Crippen molar-refractivity contribution >= 4 is 38.6 Å². The number of fused-ring (bicyclic) bond motifs is 6. The van der Waals surface area contributed by atoms with Gasteiger partial charge in [0.1, 0.15) is 0 Å². The highest BCUT2D eigenvalue weighted by molar-refractivity contribution is 6.22. The predicted octanol–water partition coefficient (Wildman–Crippen LogP) is 20.2. The van der Waals surface area contributed by atoms with Crippen LogP contribution in [0.2, 0.25) is 0 Å². The first-order valence-electron chi connectivity index (χ1n) is 26.3. The van der Waals surface area contributed by atoms with Gasteiger partial charge in [0.15, 0.2) is 0 Å². The van der Waals surface area contributed by atoms with Gasteiger partial charge in [-0.2, -0.15) is 0 Å². The van der Waals surface area contributed by atoms with E-state index >= 15 is 0 Å². The molecular formula is C75H51N. The van der Waals surface area contributed by atoms with Gasteiger partial charge < -0.3 is 4.90 Å². The van der Waals surface area contributed by atoms with Crippen LogP contribution >= 0.6 is 0 Å². The summed E-state index contributed by atoms with van der Waals surface area (Å²) in [7, 11) is 0. The summed E-state index contributed by atoms with van der Waals surface area (Å²) in [5.74, 6) is 0. The average molecular weight is 966 g/mol. The minimum absolute atomic E-state index is 0.568. The van der Waals surface area contributed by atoms with Crippen molar-refractivity contribution in [3.63, 3.8) is 0 Å². The molecule has 0 saturated heterocycles. The number of hydrogen-bond acceptors (Lipinski definition) is 1. The summed E-state index contributed by atoms with van der Waals surface area (Å²) in [5.41, 5.74) is 22.0. The van der Waals surface area contributed by atoms with E-state index in [0.717, 1.165) is 39.3 Å². The van der Waals surface area contributed by atoms with Gasteiger partial charge in [-0.1, -0.05) is 273 Å². The third kappa shape index (κ3) is 7.39. The molecule has 356 valence electrons. The van der Waals surface area contributed by atoms with E-state index < -0.39 is 5.41 Å². The van der Waals surface area contributed by atoms with Crippen LogP contribution in [0.4, 0.5) is 17.1 Å². The maximum atomic E-state index is 2.54. The molecule has 13 aromatic carbocycles. The molecule has 1 aliphatic rings. The van der Waals surface area contributed by atoms with Crippen LogP contribution in [0.1, 0.15) is 22.3 Å². The van der Waals surface area contributed by atoms with Gasteiger partial charge in [0, 0.05) is 16.8 Å². The minimum atomic E-state index is -0.568. The molecule has 0 aromatic heterocycles. The van der Waals surface area contributed by atoms with Crippen molar-refractivity contribution in [2.45, 2.75) is 5.41 Å². The highest BCUT2D eigenvalue weighted by Gasteiger charge is 2.47. The third-order valence-corrected chi connectivity index (χ3v) is 15.7. The summed E-state index contributed by atoms with van der Waals surface area (Å²) in [6.45, 7) is 0. The fraction of sp³-hybridized carbons (Fsp3) is 0.0133. The molecule has 13 aromatic rings. The van der Waals surface area contributed by atoms with Gasteiger partial charge in [0.2, 0.25) is 0 Å². The van der Waals surface area contributed by atoms with Crippen molar-refractivity contribution < 1.29 is 0 Å². The van der Waals surface area contributed by atoms with Crippen molar-refractivity contribution in [3.05, 3.63) is 332 Å². The van der Waals surface area contributed by atoms with Gasteiger partial charge >= 0.3 is 0 Å². The minimum Gasteiger partial charge on any atom is -0.309 e. The van der Waals surface area contributed by atoms with Gasteiger partial charge in [-0.05, 0) is 136 Å². The molecule has 0 amide bonds. The standard InChI is InChI=1S/C75H51N/c1-7-25-52(26-8-1)57-46-48-70(66(50-57)53-27-9-2-10-28-53)76(71-44-24-43-69-74(71)65-41-21-22-42-68(65)75(69,59-34-15-5-16-35-59)60-36-17-6-18-37-60)61-38-23-33-56(49-61)58-45-47-63-62-39-19-20-40-64(62)72(54-29-11-3-12-30-54)73(67(63)51-58)55-31-13-4-14-32-55/h1-51H. The molecule has 0 bridgehead atoms. The smallest absolute Gasteiger partial charge is 0.0714 e. The zero-order valence-electron chi connectivity index (χ0n) is 41.9.